The molecule has 0 bridgehead atoms. The molecule has 0 saturated carbocycles. The quantitative estimate of drug-likeness (QED) is 0.536. The Morgan fingerprint density at radius 1 is 1.17 bits per heavy atom. The van der Waals surface area contributed by atoms with E-state index in [1.165, 1.54) is 17.8 Å². The average molecular weight is 399 g/mol. The molecule has 3 rings (SSSR count). The monoisotopic (exact) mass is 399 g/mol. The zero-order chi connectivity index (χ0) is 20.8. The summed E-state index contributed by atoms with van der Waals surface area (Å²) < 4.78 is 24.8. The molecule has 1 aromatic carbocycles. The van der Waals surface area contributed by atoms with E-state index in [-0.39, 0.29) is 18.3 Å². The van der Waals surface area contributed by atoms with E-state index in [9.17, 15) is 9.18 Å². The highest BCUT2D eigenvalue weighted by Gasteiger charge is 2.10. The molecule has 29 heavy (non-hydrogen) atoms. The number of ether oxygens (including phenoxy) is 2. The smallest absolute Gasteiger partial charge is 0.219 e. The molecule has 154 valence electrons. The molecule has 0 fully saturated rings. The van der Waals surface area contributed by atoms with Gasteiger partial charge in [0.1, 0.15) is 30.5 Å². The van der Waals surface area contributed by atoms with Gasteiger partial charge in [-0.05, 0) is 50.5 Å². The first-order valence-corrected chi connectivity index (χ1v) is 9.67. The van der Waals surface area contributed by atoms with E-state index < -0.39 is 0 Å². The molecule has 2 heterocycles. The van der Waals surface area contributed by atoms with E-state index in [2.05, 4.69) is 15.3 Å². The second kappa shape index (κ2) is 9.41. The molecule has 1 amide bonds. The van der Waals surface area contributed by atoms with Crippen LogP contribution in [0.1, 0.15) is 29.8 Å². The first-order chi connectivity index (χ1) is 14.0. The van der Waals surface area contributed by atoms with Gasteiger partial charge < -0.3 is 19.8 Å². The standard InChI is InChI=1S/C22H26FN3O3/c1-14-18(5-4-6-22(27)24-3)19-11-16(7-8-21(19)26-14)28-9-10-29-17-12-20(23)15(2)25-13-17/h7-8,11-13,26H,4-6,9-10H2,1-3H3,(H,24,27). The third-order valence-corrected chi connectivity index (χ3v) is 4.82. The van der Waals surface area contributed by atoms with Gasteiger partial charge in [-0.25, -0.2) is 4.39 Å². The summed E-state index contributed by atoms with van der Waals surface area (Å²) in [6.07, 6.45) is 3.61. The van der Waals surface area contributed by atoms with E-state index in [4.69, 9.17) is 9.47 Å². The van der Waals surface area contributed by atoms with Gasteiger partial charge in [0.05, 0.1) is 11.9 Å². The van der Waals surface area contributed by atoms with Gasteiger partial charge in [0.2, 0.25) is 5.91 Å². The van der Waals surface area contributed by atoms with Crippen LogP contribution in [0.3, 0.4) is 0 Å². The fourth-order valence-corrected chi connectivity index (χ4v) is 3.21. The van der Waals surface area contributed by atoms with Crippen LogP contribution < -0.4 is 14.8 Å². The first kappa shape index (κ1) is 20.6. The number of hydrogen-bond acceptors (Lipinski definition) is 4. The van der Waals surface area contributed by atoms with Crippen molar-refractivity contribution in [3.8, 4) is 11.5 Å². The van der Waals surface area contributed by atoms with Gasteiger partial charge in [-0.2, -0.15) is 0 Å². The molecule has 0 aliphatic rings. The Kier molecular flexibility index (Phi) is 6.69. The zero-order valence-corrected chi connectivity index (χ0v) is 17.0. The molecular formula is C22H26FN3O3. The van der Waals surface area contributed by atoms with Crippen LogP contribution in [0.4, 0.5) is 4.39 Å². The normalized spacial score (nSPS) is 10.9. The van der Waals surface area contributed by atoms with E-state index >= 15 is 0 Å². The Morgan fingerprint density at radius 3 is 2.66 bits per heavy atom. The minimum absolute atomic E-state index is 0.0511. The lowest BCUT2D eigenvalue weighted by atomic mass is 10.0. The highest BCUT2D eigenvalue weighted by Crippen LogP contribution is 2.27. The molecule has 6 nitrogen and oxygen atoms in total. The van der Waals surface area contributed by atoms with Crippen molar-refractivity contribution < 1.29 is 18.7 Å². The van der Waals surface area contributed by atoms with Gasteiger partial charge in [-0.1, -0.05) is 0 Å². The number of nitrogens with one attached hydrogen (secondary N) is 2. The topological polar surface area (TPSA) is 76.2 Å². The van der Waals surface area contributed by atoms with Crippen LogP contribution in [-0.2, 0) is 11.2 Å². The Balaban J connectivity index is 1.58. The SMILES string of the molecule is CNC(=O)CCCc1c(C)[nH]c2ccc(OCCOc3cnc(C)c(F)c3)cc12. The van der Waals surface area contributed by atoms with Gasteiger partial charge in [0.15, 0.2) is 0 Å². The molecule has 7 heteroatoms. The predicted molar refractivity (Wildman–Crippen MR) is 110 cm³/mol. The van der Waals surface area contributed by atoms with Gasteiger partial charge in [0, 0.05) is 36.1 Å². The lowest BCUT2D eigenvalue weighted by Gasteiger charge is -2.09. The minimum atomic E-state index is -0.388. The molecule has 0 saturated heterocycles. The Morgan fingerprint density at radius 2 is 1.93 bits per heavy atom. The molecule has 0 spiro atoms. The summed E-state index contributed by atoms with van der Waals surface area (Å²) in [7, 11) is 1.65. The summed E-state index contributed by atoms with van der Waals surface area (Å²) in [6.45, 7) is 4.26. The summed E-state index contributed by atoms with van der Waals surface area (Å²) in [5.74, 6) is 0.781. The number of aromatic nitrogens is 2. The average Bonchev–Trinajstić information content (AvgIpc) is 3.02. The molecule has 0 aliphatic heterocycles. The van der Waals surface area contributed by atoms with Gasteiger partial charge in [0.25, 0.3) is 0 Å². The second-order valence-electron chi connectivity index (χ2n) is 6.90. The Labute approximate surface area is 169 Å². The number of benzene rings is 1. The van der Waals surface area contributed by atoms with Crippen molar-refractivity contribution in [3.63, 3.8) is 0 Å². The van der Waals surface area contributed by atoms with Crippen LogP contribution in [0.15, 0.2) is 30.5 Å². The lowest BCUT2D eigenvalue weighted by Crippen LogP contribution is -2.17. The Bertz CT molecular complexity index is 1000. The maximum absolute atomic E-state index is 13.5. The fourth-order valence-electron chi connectivity index (χ4n) is 3.21. The number of nitrogens with zero attached hydrogens (tertiary/aromatic N) is 1. The molecule has 2 aromatic heterocycles. The van der Waals surface area contributed by atoms with Crippen LogP contribution in [0.5, 0.6) is 11.5 Å². The van der Waals surface area contributed by atoms with Gasteiger partial charge >= 0.3 is 0 Å². The summed E-state index contributed by atoms with van der Waals surface area (Å²) in [5.41, 5.74) is 3.69. The number of aryl methyl sites for hydroxylation is 3. The third-order valence-electron chi connectivity index (χ3n) is 4.82. The summed E-state index contributed by atoms with van der Waals surface area (Å²) >= 11 is 0. The van der Waals surface area contributed by atoms with Crippen molar-refractivity contribution in [1.82, 2.24) is 15.3 Å². The number of halogens is 1. The molecular weight excluding hydrogens is 373 g/mol. The number of pyridine rings is 1. The molecule has 2 N–H and O–H groups in total. The number of H-pyrrole nitrogens is 1. The summed E-state index contributed by atoms with van der Waals surface area (Å²) in [5, 5.41) is 3.75. The summed E-state index contributed by atoms with van der Waals surface area (Å²) in [6, 6.07) is 7.21. The van der Waals surface area contributed by atoms with Crippen LogP contribution >= 0.6 is 0 Å². The first-order valence-electron chi connectivity index (χ1n) is 9.67. The summed E-state index contributed by atoms with van der Waals surface area (Å²) in [4.78, 5) is 18.8. The highest BCUT2D eigenvalue weighted by atomic mass is 19.1. The van der Waals surface area contributed by atoms with E-state index in [0.717, 1.165) is 35.2 Å². The van der Waals surface area contributed by atoms with E-state index in [0.29, 0.717) is 24.5 Å². The Hall–Kier alpha value is -3.09. The number of carbonyl (C=O) groups excluding carboxylic acids is 1. The minimum Gasteiger partial charge on any atom is -0.490 e. The molecule has 0 atom stereocenters. The largest absolute Gasteiger partial charge is 0.490 e. The number of carbonyl (C=O) groups is 1. The van der Waals surface area contributed by atoms with Crippen molar-refractivity contribution in [1.29, 1.82) is 0 Å². The van der Waals surface area contributed by atoms with Crippen LogP contribution in [0.2, 0.25) is 0 Å². The van der Waals surface area contributed by atoms with Crippen LogP contribution in [0.25, 0.3) is 10.9 Å². The zero-order valence-electron chi connectivity index (χ0n) is 17.0. The van der Waals surface area contributed by atoms with Crippen molar-refractivity contribution >= 4 is 16.8 Å². The fraction of sp³-hybridized carbons (Fsp3) is 0.364. The maximum Gasteiger partial charge on any atom is 0.219 e. The predicted octanol–water partition coefficient (Wildman–Crippen LogP) is 3.85. The van der Waals surface area contributed by atoms with Crippen molar-refractivity contribution in [2.75, 3.05) is 20.3 Å². The van der Waals surface area contributed by atoms with Crippen LogP contribution in [0, 0.1) is 19.7 Å². The maximum atomic E-state index is 13.5. The number of amides is 1. The van der Waals surface area contributed by atoms with E-state index in [1.807, 2.05) is 25.1 Å². The number of aromatic amines is 1. The molecule has 0 radical (unpaired) electrons. The van der Waals surface area contributed by atoms with E-state index in [1.54, 1.807) is 14.0 Å². The van der Waals surface area contributed by atoms with Crippen molar-refractivity contribution in [2.45, 2.75) is 33.1 Å². The second-order valence-corrected chi connectivity index (χ2v) is 6.90. The lowest BCUT2D eigenvalue weighted by molar-refractivity contribution is -0.120. The third kappa shape index (κ3) is 5.25. The number of fused-ring (bicyclic) bond motifs is 1. The highest BCUT2D eigenvalue weighted by molar-refractivity contribution is 5.86. The molecule has 3 aromatic rings. The van der Waals surface area contributed by atoms with Crippen molar-refractivity contribution in [3.05, 3.63) is 53.2 Å². The van der Waals surface area contributed by atoms with Crippen LogP contribution in [-0.4, -0.2) is 36.1 Å². The molecule has 0 aliphatic carbocycles. The molecule has 0 unspecified atom stereocenters. The van der Waals surface area contributed by atoms with Crippen molar-refractivity contribution in [2.24, 2.45) is 0 Å². The number of rotatable bonds is 9. The number of hydrogen-bond donors (Lipinski definition) is 2. The van der Waals surface area contributed by atoms with Gasteiger partial charge in [-0.15, -0.1) is 0 Å². The van der Waals surface area contributed by atoms with Gasteiger partial charge in [-0.3, -0.25) is 9.78 Å².